The Hall–Kier alpha value is -1.59. The lowest BCUT2D eigenvalue weighted by atomic mass is 9.61. The maximum Gasteiger partial charge on any atom is 0.323 e. The Morgan fingerprint density at radius 2 is 1.45 bits per heavy atom. The van der Waals surface area contributed by atoms with Crippen LogP contribution < -0.4 is 0 Å². The van der Waals surface area contributed by atoms with Crippen LogP contribution in [0.4, 0.5) is 0 Å². The number of carbonyl (C=O) groups excluding carboxylic acids is 2. The predicted molar refractivity (Wildman–Crippen MR) is 69.9 cm³/mol. The van der Waals surface area contributed by atoms with Crippen LogP contribution in [0.2, 0.25) is 0 Å². The van der Waals surface area contributed by atoms with Gasteiger partial charge in [-0.1, -0.05) is 0 Å². The van der Waals surface area contributed by atoms with Gasteiger partial charge in [-0.25, -0.2) is 0 Å². The Kier molecular flexibility index (Phi) is 5.14. The molecule has 0 aromatic rings. The van der Waals surface area contributed by atoms with Gasteiger partial charge in [-0.3, -0.25) is 14.4 Å². The Balaban J connectivity index is 2.79. The number of hydrogen-bond acceptors (Lipinski definition) is 5. The van der Waals surface area contributed by atoms with Crippen LogP contribution in [0, 0.1) is 11.3 Å². The van der Waals surface area contributed by atoms with Crippen molar-refractivity contribution >= 4 is 17.9 Å². The van der Waals surface area contributed by atoms with Crippen molar-refractivity contribution < 1.29 is 29.0 Å². The zero-order valence-corrected chi connectivity index (χ0v) is 12.3. The molecular weight excluding hydrogens is 264 g/mol. The van der Waals surface area contributed by atoms with Gasteiger partial charge in [0.1, 0.15) is 0 Å². The first kappa shape index (κ1) is 16.5. The highest BCUT2D eigenvalue weighted by atomic mass is 16.6. The van der Waals surface area contributed by atoms with Gasteiger partial charge in [0.25, 0.3) is 0 Å². The van der Waals surface area contributed by atoms with Gasteiger partial charge in [0.2, 0.25) is 0 Å². The normalized spacial score (nSPS) is 17.7. The van der Waals surface area contributed by atoms with Gasteiger partial charge in [0, 0.05) is 6.42 Å². The van der Waals surface area contributed by atoms with Crippen molar-refractivity contribution in [3.8, 4) is 0 Å². The first-order chi connectivity index (χ1) is 9.17. The number of carboxylic acids is 1. The molecular formula is C14H22O6. The van der Waals surface area contributed by atoms with Gasteiger partial charge >= 0.3 is 17.9 Å². The lowest BCUT2D eigenvalue weighted by Crippen LogP contribution is -2.53. The molecule has 1 aliphatic rings. The summed E-state index contributed by atoms with van der Waals surface area (Å²) in [6.45, 7) is 6.80. The van der Waals surface area contributed by atoms with Crippen LogP contribution in [0.1, 0.15) is 47.0 Å². The SMILES string of the molecule is CC(C)OC(=O)C1(C(=O)OC(C)C)CC(CC(=O)O)C1. The van der Waals surface area contributed by atoms with E-state index in [1.54, 1.807) is 27.7 Å². The van der Waals surface area contributed by atoms with E-state index in [2.05, 4.69) is 0 Å². The summed E-state index contributed by atoms with van der Waals surface area (Å²) in [7, 11) is 0. The topological polar surface area (TPSA) is 89.9 Å². The third-order valence-corrected chi connectivity index (χ3v) is 3.20. The zero-order valence-electron chi connectivity index (χ0n) is 12.3. The van der Waals surface area contributed by atoms with E-state index >= 15 is 0 Å². The second kappa shape index (κ2) is 6.24. The molecule has 0 aromatic heterocycles. The van der Waals surface area contributed by atoms with Crippen LogP contribution in [0.3, 0.4) is 0 Å². The number of aliphatic carboxylic acids is 1. The molecule has 6 nitrogen and oxygen atoms in total. The quantitative estimate of drug-likeness (QED) is 0.591. The first-order valence-corrected chi connectivity index (χ1v) is 6.81. The second-order valence-electron chi connectivity index (χ2n) is 5.86. The predicted octanol–water partition coefficient (Wildman–Crippen LogP) is 1.76. The number of esters is 2. The Morgan fingerprint density at radius 3 is 1.75 bits per heavy atom. The molecule has 0 aromatic carbocycles. The van der Waals surface area contributed by atoms with Crippen molar-refractivity contribution in [1.82, 2.24) is 0 Å². The molecule has 0 amide bonds. The van der Waals surface area contributed by atoms with E-state index in [9.17, 15) is 14.4 Å². The lowest BCUT2D eigenvalue weighted by Gasteiger charge is -2.43. The molecule has 0 unspecified atom stereocenters. The fourth-order valence-electron chi connectivity index (χ4n) is 2.39. The van der Waals surface area contributed by atoms with Crippen molar-refractivity contribution in [3.63, 3.8) is 0 Å². The number of carbonyl (C=O) groups is 3. The zero-order chi connectivity index (χ0) is 15.5. The van der Waals surface area contributed by atoms with Crippen LogP contribution in [0.15, 0.2) is 0 Å². The smallest absolute Gasteiger partial charge is 0.323 e. The summed E-state index contributed by atoms with van der Waals surface area (Å²) in [5.41, 5.74) is -1.32. The highest BCUT2D eigenvalue weighted by Gasteiger charge is 2.59. The third kappa shape index (κ3) is 3.71. The standard InChI is InChI=1S/C14H22O6/c1-8(2)19-12(17)14(13(18)20-9(3)4)6-10(7-14)5-11(15)16/h8-10H,5-7H2,1-4H3,(H,15,16). The molecule has 0 aliphatic heterocycles. The van der Waals surface area contributed by atoms with Gasteiger partial charge in [-0.15, -0.1) is 0 Å². The van der Waals surface area contributed by atoms with E-state index in [1.165, 1.54) is 0 Å². The highest BCUT2D eigenvalue weighted by Crippen LogP contribution is 2.49. The van der Waals surface area contributed by atoms with Crippen molar-refractivity contribution in [3.05, 3.63) is 0 Å². The number of ether oxygens (including phenoxy) is 2. The summed E-state index contributed by atoms with van der Waals surface area (Å²) in [5, 5.41) is 8.75. The number of rotatable bonds is 6. The summed E-state index contributed by atoms with van der Waals surface area (Å²) in [5.74, 6) is -2.34. The molecule has 0 saturated heterocycles. The molecule has 0 bridgehead atoms. The van der Waals surface area contributed by atoms with Gasteiger partial charge in [-0.05, 0) is 46.5 Å². The fourth-order valence-corrected chi connectivity index (χ4v) is 2.39. The minimum Gasteiger partial charge on any atom is -0.481 e. The molecule has 0 atom stereocenters. The van der Waals surface area contributed by atoms with Gasteiger partial charge in [0.05, 0.1) is 12.2 Å². The summed E-state index contributed by atoms with van der Waals surface area (Å²) >= 11 is 0. The second-order valence-corrected chi connectivity index (χ2v) is 5.86. The van der Waals surface area contributed by atoms with E-state index in [0.29, 0.717) is 0 Å². The molecule has 20 heavy (non-hydrogen) atoms. The number of hydrogen-bond donors (Lipinski definition) is 1. The molecule has 0 heterocycles. The third-order valence-electron chi connectivity index (χ3n) is 3.20. The molecule has 1 saturated carbocycles. The molecule has 1 aliphatic carbocycles. The average molecular weight is 286 g/mol. The maximum atomic E-state index is 12.1. The van der Waals surface area contributed by atoms with Crippen LogP contribution >= 0.6 is 0 Å². The van der Waals surface area contributed by atoms with E-state index in [1.807, 2.05) is 0 Å². The summed E-state index contributed by atoms with van der Waals surface area (Å²) < 4.78 is 10.3. The molecule has 0 radical (unpaired) electrons. The van der Waals surface area contributed by atoms with E-state index < -0.39 is 23.3 Å². The number of carboxylic acid groups (broad SMARTS) is 1. The van der Waals surface area contributed by atoms with Crippen molar-refractivity contribution in [2.24, 2.45) is 11.3 Å². The molecule has 1 fully saturated rings. The monoisotopic (exact) mass is 286 g/mol. The minimum atomic E-state index is -1.32. The molecule has 0 spiro atoms. The minimum absolute atomic E-state index is 0.0499. The maximum absolute atomic E-state index is 12.1. The summed E-state index contributed by atoms with van der Waals surface area (Å²) in [6, 6.07) is 0. The molecule has 114 valence electrons. The average Bonchev–Trinajstić information content (AvgIpc) is 2.19. The summed E-state index contributed by atoms with van der Waals surface area (Å²) in [4.78, 5) is 35.0. The molecule has 6 heteroatoms. The lowest BCUT2D eigenvalue weighted by molar-refractivity contribution is -0.189. The summed E-state index contributed by atoms with van der Waals surface area (Å²) in [6.07, 6.45) is -0.354. The van der Waals surface area contributed by atoms with Gasteiger partial charge in [0.15, 0.2) is 5.41 Å². The molecule has 1 rings (SSSR count). The van der Waals surface area contributed by atoms with E-state index in [-0.39, 0.29) is 37.4 Å². The van der Waals surface area contributed by atoms with Crippen LogP contribution in [0.25, 0.3) is 0 Å². The van der Waals surface area contributed by atoms with Crippen LogP contribution in [-0.2, 0) is 23.9 Å². The van der Waals surface area contributed by atoms with E-state index in [4.69, 9.17) is 14.6 Å². The largest absolute Gasteiger partial charge is 0.481 e. The van der Waals surface area contributed by atoms with Crippen molar-refractivity contribution in [1.29, 1.82) is 0 Å². The first-order valence-electron chi connectivity index (χ1n) is 6.81. The van der Waals surface area contributed by atoms with Crippen LogP contribution in [-0.4, -0.2) is 35.2 Å². The van der Waals surface area contributed by atoms with Crippen LogP contribution in [0.5, 0.6) is 0 Å². The van der Waals surface area contributed by atoms with Gasteiger partial charge in [-0.2, -0.15) is 0 Å². The Bertz CT molecular complexity index is 368. The van der Waals surface area contributed by atoms with Crippen molar-refractivity contribution in [2.75, 3.05) is 0 Å². The Labute approximate surface area is 118 Å². The fraction of sp³-hybridized carbons (Fsp3) is 0.786. The Morgan fingerprint density at radius 1 is 1.05 bits per heavy atom. The molecule has 1 N–H and O–H groups in total. The van der Waals surface area contributed by atoms with E-state index in [0.717, 1.165) is 0 Å². The van der Waals surface area contributed by atoms with Gasteiger partial charge < -0.3 is 14.6 Å². The highest BCUT2D eigenvalue weighted by molar-refractivity contribution is 6.01. The van der Waals surface area contributed by atoms with Crippen molar-refractivity contribution in [2.45, 2.75) is 59.2 Å².